The lowest BCUT2D eigenvalue weighted by atomic mass is 10.1. The van der Waals surface area contributed by atoms with Gasteiger partial charge in [0.15, 0.2) is 0 Å². The van der Waals surface area contributed by atoms with Crippen LogP contribution >= 0.6 is 15.9 Å². The summed E-state index contributed by atoms with van der Waals surface area (Å²) in [7, 11) is 0. The molecule has 1 atom stereocenters. The van der Waals surface area contributed by atoms with Crippen molar-refractivity contribution in [1.82, 2.24) is 0 Å². The Labute approximate surface area is 114 Å². The molecule has 0 amide bonds. The number of aliphatic hydroxyl groups excluding tert-OH is 1. The van der Waals surface area contributed by atoms with Gasteiger partial charge < -0.3 is 10.4 Å². The second kappa shape index (κ2) is 5.98. The summed E-state index contributed by atoms with van der Waals surface area (Å²) in [6, 6.07) is 14.0. The highest BCUT2D eigenvalue weighted by atomic mass is 79.9. The van der Waals surface area contributed by atoms with Gasteiger partial charge in [0.2, 0.25) is 0 Å². The van der Waals surface area contributed by atoms with Crippen LogP contribution in [0.25, 0.3) is 0 Å². The molecule has 0 fully saturated rings. The normalized spacial score (nSPS) is 12.2. The third kappa shape index (κ3) is 3.09. The van der Waals surface area contributed by atoms with Gasteiger partial charge in [0, 0.05) is 11.0 Å². The zero-order chi connectivity index (χ0) is 13.0. The molecule has 0 aliphatic carbocycles. The molecule has 0 heterocycles. The van der Waals surface area contributed by atoms with Crippen LogP contribution in [0.4, 0.5) is 10.1 Å². The predicted octanol–water partition coefficient (Wildman–Crippen LogP) is 3.73. The van der Waals surface area contributed by atoms with Gasteiger partial charge in [-0.15, -0.1) is 0 Å². The van der Waals surface area contributed by atoms with Crippen molar-refractivity contribution in [3.63, 3.8) is 0 Å². The second-order valence-electron chi connectivity index (χ2n) is 3.90. The molecule has 1 unspecified atom stereocenters. The van der Waals surface area contributed by atoms with E-state index < -0.39 is 6.10 Å². The maximum Gasteiger partial charge on any atom is 0.147 e. The van der Waals surface area contributed by atoms with Gasteiger partial charge in [0.05, 0.1) is 11.8 Å². The molecule has 0 aromatic heterocycles. The van der Waals surface area contributed by atoms with Gasteiger partial charge in [-0.1, -0.05) is 36.4 Å². The lowest BCUT2D eigenvalue weighted by molar-refractivity contribution is 0.191. The summed E-state index contributed by atoms with van der Waals surface area (Å²) in [5.74, 6) is -0.343. The lowest BCUT2D eigenvalue weighted by Crippen LogP contribution is -2.13. The molecule has 4 heteroatoms. The van der Waals surface area contributed by atoms with Gasteiger partial charge in [-0.3, -0.25) is 0 Å². The Bertz CT molecular complexity index is 498. The molecule has 2 aromatic rings. The Morgan fingerprint density at radius 2 is 1.83 bits per heavy atom. The maximum atomic E-state index is 13.5. The summed E-state index contributed by atoms with van der Waals surface area (Å²) in [4.78, 5) is 0. The number of halogens is 2. The second-order valence-corrected chi connectivity index (χ2v) is 4.76. The number of nitrogens with one attached hydrogen (secondary N) is 1. The van der Waals surface area contributed by atoms with Crippen molar-refractivity contribution in [3.8, 4) is 0 Å². The molecule has 0 radical (unpaired) electrons. The van der Waals surface area contributed by atoms with Crippen LogP contribution in [-0.2, 0) is 0 Å². The third-order valence-corrected chi connectivity index (χ3v) is 3.28. The molecule has 0 bridgehead atoms. The Morgan fingerprint density at radius 1 is 1.11 bits per heavy atom. The molecule has 18 heavy (non-hydrogen) atoms. The molecule has 2 aromatic carbocycles. The van der Waals surface area contributed by atoms with Gasteiger partial charge in [-0.05, 0) is 33.6 Å². The summed E-state index contributed by atoms with van der Waals surface area (Å²) in [6.45, 7) is 0.254. The minimum Gasteiger partial charge on any atom is -0.387 e. The van der Waals surface area contributed by atoms with E-state index in [1.165, 1.54) is 6.07 Å². The van der Waals surface area contributed by atoms with Crippen molar-refractivity contribution in [2.24, 2.45) is 0 Å². The number of para-hydroxylation sites is 1. The molecular formula is C14H13BrFNO. The summed E-state index contributed by atoms with van der Waals surface area (Å²) >= 11 is 3.27. The van der Waals surface area contributed by atoms with Gasteiger partial charge in [-0.2, -0.15) is 0 Å². The molecular weight excluding hydrogens is 297 g/mol. The average molecular weight is 310 g/mol. The van der Waals surface area contributed by atoms with Gasteiger partial charge in [0.1, 0.15) is 5.82 Å². The Hall–Kier alpha value is -1.39. The SMILES string of the molecule is OC(CNc1c(F)cccc1Br)c1ccccc1. The first kappa shape index (κ1) is 13.1. The largest absolute Gasteiger partial charge is 0.387 e. The molecule has 0 saturated carbocycles. The van der Waals surface area contributed by atoms with Crippen LogP contribution in [-0.4, -0.2) is 11.7 Å². The molecule has 0 spiro atoms. The minimum atomic E-state index is -0.669. The summed E-state index contributed by atoms with van der Waals surface area (Å²) in [6.07, 6.45) is -0.669. The number of hydrogen-bond donors (Lipinski definition) is 2. The van der Waals surface area contributed by atoms with Crippen LogP contribution < -0.4 is 5.32 Å². The monoisotopic (exact) mass is 309 g/mol. The van der Waals surface area contributed by atoms with Crippen LogP contribution in [0.5, 0.6) is 0 Å². The fourth-order valence-corrected chi connectivity index (χ4v) is 2.14. The Morgan fingerprint density at radius 3 is 2.50 bits per heavy atom. The quantitative estimate of drug-likeness (QED) is 0.902. The zero-order valence-electron chi connectivity index (χ0n) is 9.61. The van der Waals surface area contributed by atoms with E-state index in [1.807, 2.05) is 30.3 Å². The van der Waals surface area contributed by atoms with Gasteiger partial charge in [0.25, 0.3) is 0 Å². The van der Waals surface area contributed by atoms with E-state index in [-0.39, 0.29) is 12.4 Å². The molecule has 0 saturated heterocycles. The number of rotatable bonds is 4. The van der Waals surface area contributed by atoms with Crippen LogP contribution in [0.2, 0.25) is 0 Å². The van der Waals surface area contributed by atoms with E-state index in [2.05, 4.69) is 21.2 Å². The molecule has 2 rings (SSSR count). The van der Waals surface area contributed by atoms with E-state index in [1.54, 1.807) is 12.1 Å². The van der Waals surface area contributed by atoms with E-state index in [0.717, 1.165) is 5.56 Å². The van der Waals surface area contributed by atoms with Crippen LogP contribution in [0.15, 0.2) is 53.0 Å². The first-order chi connectivity index (χ1) is 8.68. The highest BCUT2D eigenvalue weighted by molar-refractivity contribution is 9.10. The van der Waals surface area contributed by atoms with Crippen molar-refractivity contribution >= 4 is 21.6 Å². The fourth-order valence-electron chi connectivity index (χ4n) is 1.66. The van der Waals surface area contributed by atoms with Crippen LogP contribution in [0, 0.1) is 5.82 Å². The maximum absolute atomic E-state index is 13.5. The zero-order valence-corrected chi connectivity index (χ0v) is 11.2. The molecule has 0 aliphatic heterocycles. The number of aliphatic hydroxyl groups is 1. The highest BCUT2D eigenvalue weighted by Crippen LogP contribution is 2.25. The molecule has 2 nitrogen and oxygen atoms in total. The highest BCUT2D eigenvalue weighted by Gasteiger charge is 2.10. The van der Waals surface area contributed by atoms with Crippen molar-refractivity contribution in [2.45, 2.75) is 6.10 Å². The van der Waals surface area contributed by atoms with Crippen molar-refractivity contribution in [2.75, 3.05) is 11.9 Å². The van der Waals surface area contributed by atoms with E-state index >= 15 is 0 Å². The summed E-state index contributed by atoms with van der Waals surface area (Å²) in [5.41, 5.74) is 1.17. The molecule has 94 valence electrons. The Kier molecular flexibility index (Phi) is 4.33. The van der Waals surface area contributed by atoms with Crippen molar-refractivity contribution < 1.29 is 9.50 Å². The first-order valence-corrected chi connectivity index (χ1v) is 6.38. The van der Waals surface area contributed by atoms with Crippen LogP contribution in [0.1, 0.15) is 11.7 Å². The number of anilines is 1. The first-order valence-electron chi connectivity index (χ1n) is 5.59. The lowest BCUT2D eigenvalue weighted by Gasteiger charge is -2.14. The molecule has 0 aliphatic rings. The fraction of sp³-hybridized carbons (Fsp3) is 0.143. The number of benzene rings is 2. The minimum absolute atomic E-state index is 0.254. The predicted molar refractivity (Wildman–Crippen MR) is 74.0 cm³/mol. The standard InChI is InChI=1S/C14H13BrFNO/c15-11-7-4-8-12(16)14(11)17-9-13(18)10-5-2-1-3-6-10/h1-8,13,17-18H,9H2. The molecule has 2 N–H and O–H groups in total. The van der Waals surface area contributed by atoms with Crippen molar-refractivity contribution in [3.05, 3.63) is 64.4 Å². The summed E-state index contributed by atoms with van der Waals surface area (Å²) < 4.78 is 14.2. The van der Waals surface area contributed by atoms with Crippen LogP contribution in [0.3, 0.4) is 0 Å². The van der Waals surface area contributed by atoms with E-state index in [4.69, 9.17) is 0 Å². The topological polar surface area (TPSA) is 32.3 Å². The van der Waals surface area contributed by atoms with Crippen molar-refractivity contribution in [1.29, 1.82) is 0 Å². The summed E-state index contributed by atoms with van der Waals surface area (Å²) in [5, 5.41) is 12.9. The number of hydrogen-bond acceptors (Lipinski definition) is 2. The van der Waals surface area contributed by atoms with Gasteiger partial charge >= 0.3 is 0 Å². The third-order valence-electron chi connectivity index (χ3n) is 2.62. The van der Waals surface area contributed by atoms with E-state index in [0.29, 0.717) is 10.2 Å². The van der Waals surface area contributed by atoms with Gasteiger partial charge in [-0.25, -0.2) is 4.39 Å². The smallest absolute Gasteiger partial charge is 0.147 e. The average Bonchev–Trinajstić information content (AvgIpc) is 2.39. The Balaban J connectivity index is 2.04. The van der Waals surface area contributed by atoms with E-state index in [9.17, 15) is 9.50 Å².